The van der Waals surface area contributed by atoms with Gasteiger partial charge < -0.3 is 4.74 Å². The Labute approximate surface area is 104 Å². The number of carbonyl (C=O) groups is 1. The smallest absolute Gasteiger partial charge is 0.378 e. The van der Waals surface area contributed by atoms with E-state index in [0.717, 1.165) is 9.35 Å². The summed E-state index contributed by atoms with van der Waals surface area (Å²) in [5, 5.41) is 8.44. The highest BCUT2D eigenvalue weighted by atomic mass is 79.9. The minimum atomic E-state index is -0.516. The summed E-state index contributed by atoms with van der Waals surface area (Å²) in [5.41, 5.74) is 0. The van der Waals surface area contributed by atoms with Gasteiger partial charge in [0.1, 0.15) is 0 Å². The SMILES string of the molecule is CCOC(=O)c1n[nH]c(-c2sccc2Br)n1. The summed E-state index contributed by atoms with van der Waals surface area (Å²) in [6, 6.07) is 1.91. The summed E-state index contributed by atoms with van der Waals surface area (Å²) in [5.74, 6) is 0.0970. The molecule has 1 N–H and O–H groups in total. The van der Waals surface area contributed by atoms with Crippen LogP contribution >= 0.6 is 27.3 Å². The van der Waals surface area contributed by atoms with E-state index in [1.54, 1.807) is 6.92 Å². The van der Waals surface area contributed by atoms with Crippen molar-refractivity contribution in [2.75, 3.05) is 6.61 Å². The Kier molecular flexibility index (Phi) is 3.35. The lowest BCUT2D eigenvalue weighted by atomic mass is 10.4. The fourth-order valence-electron chi connectivity index (χ4n) is 1.11. The first kappa shape index (κ1) is 11.3. The Balaban J connectivity index is 2.26. The van der Waals surface area contributed by atoms with Crippen molar-refractivity contribution in [3.05, 3.63) is 21.7 Å². The monoisotopic (exact) mass is 301 g/mol. The summed E-state index contributed by atoms with van der Waals surface area (Å²) >= 11 is 4.89. The molecule has 5 nitrogen and oxygen atoms in total. The van der Waals surface area contributed by atoms with Gasteiger partial charge in [-0.05, 0) is 34.3 Å². The molecule has 2 aromatic heterocycles. The van der Waals surface area contributed by atoms with Crippen molar-refractivity contribution in [3.63, 3.8) is 0 Å². The first-order chi connectivity index (χ1) is 7.72. The standard InChI is InChI=1S/C9H8BrN3O2S/c1-2-15-9(14)8-11-7(12-13-8)6-5(10)3-4-16-6/h3-4H,2H2,1H3,(H,11,12,13). The van der Waals surface area contributed by atoms with E-state index in [1.165, 1.54) is 11.3 Å². The largest absolute Gasteiger partial charge is 0.460 e. The second-order valence-electron chi connectivity index (χ2n) is 2.83. The van der Waals surface area contributed by atoms with Gasteiger partial charge in [0.25, 0.3) is 5.82 Å². The molecule has 2 aromatic rings. The number of ether oxygens (including phenoxy) is 1. The number of esters is 1. The Bertz CT molecular complexity index is 508. The van der Waals surface area contributed by atoms with Crippen LogP contribution in [0.1, 0.15) is 17.5 Å². The maximum atomic E-state index is 11.3. The van der Waals surface area contributed by atoms with Crippen molar-refractivity contribution in [1.82, 2.24) is 15.2 Å². The zero-order valence-electron chi connectivity index (χ0n) is 8.36. The van der Waals surface area contributed by atoms with Crippen molar-refractivity contribution in [2.24, 2.45) is 0 Å². The molecule has 0 radical (unpaired) electrons. The molecular formula is C9H8BrN3O2S. The normalized spacial score (nSPS) is 10.4. The highest BCUT2D eigenvalue weighted by molar-refractivity contribution is 9.10. The number of halogens is 1. The molecule has 7 heteroatoms. The third kappa shape index (κ3) is 2.14. The minimum Gasteiger partial charge on any atom is -0.460 e. The number of aromatic nitrogens is 3. The van der Waals surface area contributed by atoms with E-state index in [4.69, 9.17) is 4.74 Å². The molecule has 0 unspecified atom stereocenters. The second kappa shape index (κ2) is 4.75. The van der Waals surface area contributed by atoms with Crippen LogP contribution in [0.3, 0.4) is 0 Å². The van der Waals surface area contributed by atoms with Gasteiger partial charge >= 0.3 is 5.97 Å². The number of carbonyl (C=O) groups excluding carboxylic acids is 1. The molecule has 0 aliphatic carbocycles. The lowest BCUT2D eigenvalue weighted by Gasteiger charge is -1.94. The molecule has 0 bridgehead atoms. The number of rotatable bonds is 3. The fraction of sp³-hybridized carbons (Fsp3) is 0.222. The molecule has 0 spiro atoms. The van der Waals surface area contributed by atoms with Crippen LogP contribution in [0, 0.1) is 0 Å². The Morgan fingerprint density at radius 2 is 2.50 bits per heavy atom. The van der Waals surface area contributed by atoms with Gasteiger partial charge in [0.05, 0.1) is 11.5 Å². The van der Waals surface area contributed by atoms with Crippen LogP contribution in [-0.4, -0.2) is 27.8 Å². The minimum absolute atomic E-state index is 0.0529. The Hall–Kier alpha value is -1.21. The van der Waals surface area contributed by atoms with Crippen LogP contribution in [0.5, 0.6) is 0 Å². The lowest BCUT2D eigenvalue weighted by Crippen LogP contribution is -2.06. The Morgan fingerprint density at radius 1 is 1.69 bits per heavy atom. The molecule has 0 fully saturated rings. The number of nitrogens with one attached hydrogen (secondary N) is 1. The van der Waals surface area contributed by atoms with E-state index in [0.29, 0.717) is 12.4 Å². The van der Waals surface area contributed by atoms with Gasteiger partial charge in [0.2, 0.25) is 0 Å². The first-order valence-electron chi connectivity index (χ1n) is 4.55. The topological polar surface area (TPSA) is 67.9 Å². The average molecular weight is 302 g/mol. The van der Waals surface area contributed by atoms with Gasteiger partial charge in [-0.2, -0.15) is 0 Å². The van der Waals surface area contributed by atoms with Crippen LogP contribution < -0.4 is 0 Å². The van der Waals surface area contributed by atoms with Crippen molar-refractivity contribution in [2.45, 2.75) is 6.92 Å². The van der Waals surface area contributed by atoms with Gasteiger partial charge in [0.15, 0.2) is 5.82 Å². The maximum absolute atomic E-state index is 11.3. The molecule has 0 aromatic carbocycles. The molecular weight excluding hydrogens is 294 g/mol. The molecule has 84 valence electrons. The highest BCUT2D eigenvalue weighted by Crippen LogP contribution is 2.30. The van der Waals surface area contributed by atoms with Crippen LogP contribution in [0.25, 0.3) is 10.7 Å². The molecule has 0 saturated heterocycles. The molecule has 2 heterocycles. The summed E-state index contributed by atoms with van der Waals surface area (Å²) in [6.07, 6.45) is 0. The number of thiophene rings is 1. The number of H-pyrrole nitrogens is 1. The second-order valence-corrected chi connectivity index (χ2v) is 4.60. The molecule has 0 aliphatic heterocycles. The summed E-state index contributed by atoms with van der Waals surface area (Å²) < 4.78 is 5.72. The van der Waals surface area contributed by atoms with Gasteiger partial charge in [-0.3, -0.25) is 5.10 Å². The molecule has 0 atom stereocenters. The van der Waals surface area contributed by atoms with E-state index in [-0.39, 0.29) is 5.82 Å². The van der Waals surface area contributed by atoms with E-state index in [2.05, 4.69) is 31.1 Å². The van der Waals surface area contributed by atoms with Gasteiger partial charge in [-0.15, -0.1) is 16.4 Å². The lowest BCUT2D eigenvalue weighted by molar-refractivity contribution is 0.0512. The third-order valence-corrected chi connectivity index (χ3v) is 3.62. The van der Waals surface area contributed by atoms with Crippen LogP contribution in [-0.2, 0) is 4.74 Å². The van der Waals surface area contributed by atoms with E-state index in [9.17, 15) is 4.79 Å². The first-order valence-corrected chi connectivity index (χ1v) is 6.22. The molecule has 0 aliphatic rings. The van der Waals surface area contributed by atoms with Crippen molar-refractivity contribution in [1.29, 1.82) is 0 Å². The van der Waals surface area contributed by atoms with Crippen molar-refractivity contribution < 1.29 is 9.53 Å². The van der Waals surface area contributed by atoms with Crippen LogP contribution in [0.4, 0.5) is 0 Å². The van der Waals surface area contributed by atoms with E-state index in [1.807, 2.05) is 11.4 Å². The van der Waals surface area contributed by atoms with Crippen LogP contribution in [0.2, 0.25) is 0 Å². The number of hydrogen-bond acceptors (Lipinski definition) is 5. The fourth-order valence-corrected chi connectivity index (χ4v) is 2.61. The predicted molar refractivity (Wildman–Crippen MR) is 63.4 cm³/mol. The van der Waals surface area contributed by atoms with Crippen LogP contribution in [0.15, 0.2) is 15.9 Å². The number of aromatic amines is 1. The Morgan fingerprint density at radius 3 is 3.12 bits per heavy atom. The third-order valence-electron chi connectivity index (χ3n) is 1.78. The van der Waals surface area contributed by atoms with Gasteiger partial charge in [0, 0.05) is 4.47 Å². The van der Waals surface area contributed by atoms with Crippen molar-refractivity contribution >= 4 is 33.2 Å². The van der Waals surface area contributed by atoms with E-state index < -0.39 is 5.97 Å². The van der Waals surface area contributed by atoms with Gasteiger partial charge in [-0.25, -0.2) is 9.78 Å². The summed E-state index contributed by atoms with van der Waals surface area (Å²) in [6.45, 7) is 2.05. The summed E-state index contributed by atoms with van der Waals surface area (Å²) in [7, 11) is 0. The van der Waals surface area contributed by atoms with Crippen molar-refractivity contribution in [3.8, 4) is 10.7 Å². The average Bonchev–Trinajstić information content (AvgIpc) is 2.86. The number of hydrogen-bond donors (Lipinski definition) is 1. The maximum Gasteiger partial charge on any atom is 0.378 e. The van der Waals surface area contributed by atoms with Gasteiger partial charge in [-0.1, -0.05) is 0 Å². The molecule has 2 rings (SSSR count). The van der Waals surface area contributed by atoms with E-state index >= 15 is 0 Å². The predicted octanol–water partition coefficient (Wildman–Crippen LogP) is 2.47. The molecule has 0 saturated carbocycles. The zero-order valence-corrected chi connectivity index (χ0v) is 10.8. The molecule has 0 amide bonds. The highest BCUT2D eigenvalue weighted by Gasteiger charge is 2.16. The zero-order chi connectivity index (χ0) is 11.5. The number of nitrogens with zero attached hydrogens (tertiary/aromatic N) is 2. The quantitative estimate of drug-likeness (QED) is 0.884. The molecule has 16 heavy (non-hydrogen) atoms. The summed E-state index contributed by atoms with van der Waals surface area (Å²) in [4.78, 5) is 16.3.